The van der Waals surface area contributed by atoms with Gasteiger partial charge in [-0.25, -0.2) is 0 Å². The summed E-state index contributed by atoms with van der Waals surface area (Å²) in [6.45, 7) is 2.17. The van der Waals surface area contributed by atoms with E-state index in [9.17, 15) is 9.59 Å². The molecule has 1 aliphatic heterocycles. The molecule has 0 bridgehead atoms. The number of amides is 2. The third-order valence-electron chi connectivity index (χ3n) is 4.02. The summed E-state index contributed by atoms with van der Waals surface area (Å²) in [5.74, 6) is -0.423. The van der Waals surface area contributed by atoms with Crippen LogP contribution in [0.2, 0.25) is 0 Å². The van der Waals surface area contributed by atoms with Gasteiger partial charge < -0.3 is 15.0 Å². The zero-order valence-electron chi connectivity index (χ0n) is 14.4. The van der Waals surface area contributed by atoms with E-state index in [1.54, 1.807) is 47.4 Å². The molecule has 0 aliphatic carbocycles. The SMILES string of the molecule is O=C(NC(=S)Nc1ccccc1C(=O)N1CCOCC1)c1cccc(Br)c1. The van der Waals surface area contributed by atoms with Crippen LogP contribution >= 0.6 is 28.1 Å². The van der Waals surface area contributed by atoms with Crippen molar-refractivity contribution in [1.82, 2.24) is 10.2 Å². The van der Waals surface area contributed by atoms with Gasteiger partial charge in [0.2, 0.25) is 0 Å². The highest BCUT2D eigenvalue weighted by molar-refractivity contribution is 9.10. The first-order valence-electron chi connectivity index (χ1n) is 8.38. The molecule has 27 heavy (non-hydrogen) atoms. The van der Waals surface area contributed by atoms with Gasteiger partial charge in [-0.15, -0.1) is 0 Å². The molecule has 8 heteroatoms. The normalized spacial score (nSPS) is 13.7. The predicted molar refractivity (Wildman–Crippen MR) is 111 cm³/mol. The molecule has 2 aromatic rings. The summed E-state index contributed by atoms with van der Waals surface area (Å²) >= 11 is 8.58. The van der Waals surface area contributed by atoms with Crippen LogP contribution in [0.4, 0.5) is 5.69 Å². The topological polar surface area (TPSA) is 70.7 Å². The first-order chi connectivity index (χ1) is 13.0. The molecule has 1 aliphatic rings. The van der Waals surface area contributed by atoms with E-state index in [0.717, 1.165) is 4.47 Å². The number of thiocarbonyl (C=S) groups is 1. The maximum absolute atomic E-state index is 12.8. The Balaban J connectivity index is 1.69. The standard InChI is InChI=1S/C19H18BrN3O3S/c20-14-5-3-4-13(12-14)17(24)22-19(27)21-16-7-2-1-6-15(16)18(25)23-8-10-26-11-9-23/h1-7,12H,8-11H2,(H2,21,22,24,27). The van der Waals surface area contributed by atoms with E-state index >= 15 is 0 Å². The fourth-order valence-electron chi connectivity index (χ4n) is 2.67. The molecule has 0 spiro atoms. The zero-order valence-corrected chi connectivity index (χ0v) is 16.8. The quantitative estimate of drug-likeness (QED) is 0.707. The van der Waals surface area contributed by atoms with Crippen LogP contribution in [-0.2, 0) is 4.74 Å². The van der Waals surface area contributed by atoms with Crippen LogP contribution in [0.25, 0.3) is 0 Å². The van der Waals surface area contributed by atoms with Gasteiger partial charge >= 0.3 is 0 Å². The fraction of sp³-hybridized carbons (Fsp3) is 0.211. The van der Waals surface area contributed by atoms with Crippen molar-refractivity contribution >= 4 is 50.8 Å². The molecule has 1 heterocycles. The molecule has 140 valence electrons. The van der Waals surface area contributed by atoms with Crippen molar-refractivity contribution in [3.05, 3.63) is 64.1 Å². The van der Waals surface area contributed by atoms with Gasteiger partial charge in [-0.2, -0.15) is 0 Å². The van der Waals surface area contributed by atoms with Gasteiger partial charge in [0.25, 0.3) is 11.8 Å². The minimum absolute atomic E-state index is 0.0949. The summed E-state index contributed by atoms with van der Waals surface area (Å²) in [5, 5.41) is 5.72. The van der Waals surface area contributed by atoms with E-state index in [2.05, 4.69) is 26.6 Å². The Morgan fingerprint density at radius 2 is 1.81 bits per heavy atom. The number of hydrogen-bond acceptors (Lipinski definition) is 4. The number of nitrogens with zero attached hydrogens (tertiary/aromatic N) is 1. The lowest BCUT2D eigenvalue weighted by Crippen LogP contribution is -2.41. The highest BCUT2D eigenvalue weighted by Crippen LogP contribution is 2.18. The Kier molecular flexibility index (Phi) is 6.54. The number of morpholine rings is 1. The highest BCUT2D eigenvalue weighted by atomic mass is 79.9. The molecule has 0 aromatic heterocycles. The van der Waals surface area contributed by atoms with E-state index in [1.165, 1.54) is 0 Å². The molecule has 2 amide bonds. The second-order valence-electron chi connectivity index (χ2n) is 5.87. The first-order valence-corrected chi connectivity index (χ1v) is 9.58. The van der Waals surface area contributed by atoms with Crippen LogP contribution < -0.4 is 10.6 Å². The zero-order chi connectivity index (χ0) is 19.2. The maximum atomic E-state index is 12.8. The molecular formula is C19H18BrN3O3S. The van der Waals surface area contributed by atoms with Crippen molar-refractivity contribution < 1.29 is 14.3 Å². The number of para-hydroxylation sites is 1. The number of nitrogens with one attached hydrogen (secondary N) is 2. The fourth-order valence-corrected chi connectivity index (χ4v) is 3.28. The van der Waals surface area contributed by atoms with Crippen molar-refractivity contribution in [2.24, 2.45) is 0 Å². The van der Waals surface area contributed by atoms with E-state index in [0.29, 0.717) is 43.1 Å². The monoisotopic (exact) mass is 447 g/mol. The van der Waals surface area contributed by atoms with Crippen LogP contribution in [0.5, 0.6) is 0 Å². The predicted octanol–water partition coefficient (Wildman–Crippen LogP) is 3.05. The highest BCUT2D eigenvalue weighted by Gasteiger charge is 2.21. The summed E-state index contributed by atoms with van der Waals surface area (Å²) in [4.78, 5) is 26.8. The Morgan fingerprint density at radius 1 is 1.07 bits per heavy atom. The number of carbonyl (C=O) groups is 2. The van der Waals surface area contributed by atoms with Gasteiger partial charge in [0.15, 0.2) is 5.11 Å². The lowest BCUT2D eigenvalue weighted by molar-refractivity contribution is 0.0303. The molecule has 0 saturated carbocycles. The van der Waals surface area contributed by atoms with Gasteiger partial charge in [0, 0.05) is 23.1 Å². The molecule has 1 fully saturated rings. The van der Waals surface area contributed by atoms with Gasteiger partial charge in [-0.1, -0.05) is 34.1 Å². The van der Waals surface area contributed by atoms with Crippen LogP contribution in [0.1, 0.15) is 20.7 Å². The molecule has 3 rings (SSSR count). The summed E-state index contributed by atoms with van der Waals surface area (Å²) < 4.78 is 6.09. The Bertz CT molecular complexity index is 869. The van der Waals surface area contributed by atoms with Gasteiger partial charge in [-0.3, -0.25) is 14.9 Å². The minimum Gasteiger partial charge on any atom is -0.378 e. The Labute approximate surface area is 171 Å². The van der Waals surface area contributed by atoms with E-state index in [-0.39, 0.29) is 16.9 Å². The Morgan fingerprint density at radius 3 is 2.56 bits per heavy atom. The molecule has 0 atom stereocenters. The van der Waals surface area contributed by atoms with Crippen molar-refractivity contribution in [1.29, 1.82) is 0 Å². The van der Waals surface area contributed by atoms with E-state index in [1.807, 2.05) is 6.07 Å². The van der Waals surface area contributed by atoms with Crippen molar-refractivity contribution in [3.8, 4) is 0 Å². The van der Waals surface area contributed by atoms with Crippen LogP contribution in [-0.4, -0.2) is 48.1 Å². The molecule has 6 nitrogen and oxygen atoms in total. The minimum atomic E-state index is -0.328. The molecular weight excluding hydrogens is 430 g/mol. The molecule has 2 aromatic carbocycles. The molecule has 2 N–H and O–H groups in total. The number of anilines is 1. The summed E-state index contributed by atoms with van der Waals surface area (Å²) in [7, 11) is 0. The number of carbonyl (C=O) groups excluding carboxylic acids is 2. The van der Waals surface area contributed by atoms with Crippen LogP contribution in [0.3, 0.4) is 0 Å². The molecule has 0 unspecified atom stereocenters. The maximum Gasteiger partial charge on any atom is 0.257 e. The van der Waals surface area contributed by atoms with Crippen molar-refractivity contribution in [2.75, 3.05) is 31.6 Å². The number of halogens is 1. The van der Waals surface area contributed by atoms with Gasteiger partial charge in [0.05, 0.1) is 24.5 Å². The summed E-state index contributed by atoms with van der Waals surface area (Å²) in [6, 6.07) is 14.1. The number of rotatable bonds is 3. The Hall–Kier alpha value is -2.29. The third kappa shape index (κ3) is 5.12. The lowest BCUT2D eigenvalue weighted by Gasteiger charge is -2.27. The summed E-state index contributed by atoms with van der Waals surface area (Å²) in [6.07, 6.45) is 0. The average molecular weight is 448 g/mol. The second-order valence-corrected chi connectivity index (χ2v) is 7.19. The van der Waals surface area contributed by atoms with Crippen LogP contribution in [0, 0.1) is 0 Å². The lowest BCUT2D eigenvalue weighted by atomic mass is 10.1. The van der Waals surface area contributed by atoms with Crippen LogP contribution in [0.15, 0.2) is 53.0 Å². The second kappa shape index (κ2) is 9.07. The van der Waals surface area contributed by atoms with Crippen molar-refractivity contribution in [3.63, 3.8) is 0 Å². The van der Waals surface area contributed by atoms with Crippen molar-refractivity contribution in [2.45, 2.75) is 0 Å². The van der Waals surface area contributed by atoms with Gasteiger partial charge in [0.1, 0.15) is 0 Å². The third-order valence-corrected chi connectivity index (χ3v) is 4.72. The van der Waals surface area contributed by atoms with E-state index in [4.69, 9.17) is 17.0 Å². The molecule has 0 radical (unpaired) electrons. The number of hydrogen-bond donors (Lipinski definition) is 2. The largest absolute Gasteiger partial charge is 0.378 e. The first kappa shape index (κ1) is 19.5. The molecule has 1 saturated heterocycles. The average Bonchev–Trinajstić information content (AvgIpc) is 2.68. The summed E-state index contributed by atoms with van der Waals surface area (Å²) in [5.41, 5.74) is 1.53. The van der Waals surface area contributed by atoms with Gasteiger partial charge in [-0.05, 0) is 42.5 Å². The number of ether oxygens (including phenoxy) is 1. The smallest absolute Gasteiger partial charge is 0.257 e. The van der Waals surface area contributed by atoms with E-state index < -0.39 is 0 Å². The number of benzene rings is 2.